The van der Waals surface area contributed by atoms with Gasteiger partial charge in [-0.25, -0.2) is 0 Å². The third-order valence-electron chi connectivity index (χ3n) is 2.16. The molecule has 1 aromatic carbocycles. The van der Waals surface area contributed by atoms with Crippen molar-refractivity contribution in [1.29, 1.82) is 10.5 Å². The maximum atomic E-state index is 8.66. The van der Waals surface area contributed by atoms with E-state index in [1.807, 2.05) is 12.1 Å². The van der Waals surface area contributed by atoms with Gasteiger partial charge in [-0.2, -0.15) is 10.5 Å². The SMILES string of the molecule is N#CC(C#N)=Cc1ccc(Sc2ccc(Cl)cc2)o1. The minimum absolute atomic E-state index is 0.0115. The molecule has 1 heterocycles. The Balaban J connectivity index is 2.14. The Labute approximate surface area is 119 Å². The normalized spacial score (nSPS) is 9.42. The minimum atomic E-state index is 0.0115. The Kier molecular flexibility index (Phi) is 4.30. The monoisotopic (exact) mass is 286 g/mol. The first kappa shape index (κ1) is 13.3. The third kappa shape index (κ3) is 3.66. The molecule has 2 aromatic rings. The molecule has 0 unspecified atom stereocenters. The van der Waals surface area contributed by atoms with Crippen molar-refractivity contribution in [2.45, 2.75) is 9.99 Å². The first-order chi connectivity index (χ1) is 9.21. The van der Waals surface area contributed by atoms with Crippen molar-refractivity contribution in [2.75, 3.05) is 0 Å². The van der Waals surface area contributed by atoms with Crippen molar-refractivity contribution < 1.29 is 4.42 Å². The largest absolute Gasteiger partial charge is 0.450 e. The van der Waals surface area contributed by atoms with Crippen LogP contribution < -0.4 is 0 Å². The lowest BCUT2D eigenvalue weighted by atomic mass is 10.3. The van der Waals surface area contributed by atoms with Crippen LogP contribution in [0.3, 0.4) is 0 Å². The summed E-state index contributed by atoms with van der Waals surface area (Å²) in [6.07, 6.45) is 1.41. The van der Waals surface area contributed by atoms with E-state index in [-0.39, 0.29) is 5.57 Å². The molecule has 0 aliphatic carbocycles. The van der Waals surface area contributed by atoms with E-state index >= 15 is 0 Å². The average molecular weight is 287 g/mol. The average Bonchev–Trinajstić information content (AvgIpc) is 2.86. The van der Waals surface area contributed by atoms with Gasteiger partial charge in [-0.15, -0.1) is 0 Å². The summed E-state index contributed by atoms with van der Waals surface area (Å²) in [5.74, 6) is 0.481. The summed E-state index contributed by atoms with van der Waals surface area (Å²) in [5.41, 5.74) is 0.0115. The molecule has 0 fully saturated rings. The lowest BCUT2D eigenvalue weighted by Gasteiger charge is -1.97. The topological polar surface area (TPSA) is 60.7 Å². The lowest BCUT2D eigenvalue weighted by molar-refractivity contribution is 0.466. The fourth-order valence-electron chi connectivity index (χ4n) is 1.32. The quantitative estimate of drug-likeness (QED) is 0.779. The Morgan fingerprint density at radius 3 is 2.42 bits per heavy atom. The molecule has 0 radical (unpaired) electrons. The van der Waals surface area contributed by atoms with Crippen LogP contribution >= 0.6 is 23.4 Å². The van der Waals surface area contributed by atoms with Crippen molar-refractivity contribution >= 4 is 29.4 Å². The molecule has 0 spiro atoms. The fraction of sp³-hybridized carbons (Fsp3) is 0. The van der Waals surface area contributed by atoms with E-state index in [1.165, 1.54) is 17.8 Å². The van der Waals surface area contributed by atoms with Crippen molar-refractivity contribution in [2.24, 2.45) is 0 Å². The van der Waals surface area contributed by atoms with Crippen LogP contribution in [0.5, 0.6) is 0 Å². The summed E-state index contributed by atoms with van der Waals surface area (Å²) in [5, 5.41) is 18.7. The summed E-state index contributed by atoms with van der Waals surface area (Å²) in [7, 11) is 0. The molecule has 3 nitrogen and oxygen atoms in total. The first-order valence-electron chi connectivity index (χ1n) is 5.26. The zero-order chi connectivity index (χ0) is 13.7. The van der Waals surface area contributed by atoms with E-state index in [4.69, 9.17) is 26.5 Å². The molecule has 5 heteroatoms. The third-order valence-corrected chi connectivity index (χ3v) is 3.34. The van der Waals surface area contributed by atoms with Crippen LogP contribution in [-0.2, 0) is 0 Å². The highest BCUT2D eigenvalue weighted by atomic mass is 35.5. The number of rotatable bonds is 3. The second-order valence-electron chi connectivity index (χ2n) is 3.49. The van der Waals surface area contributed by atoms with Crippen molar-refractivity contribution in [1.82, 2.24) is 0 Å². The number of nitriles is 2. The predicted molar refractivity (Wildman–Crippen MR) is 73.5 cm³/mol. The highest BCUT2D eigenvalue weighted by Crippen LogP contribution is 2.30. The number of hydrogen-bond donors (Lipinski definition) is 0. The molecule has 0 bridgehead atoms. The van der Waals surface area contributed by atoms with Crippen molar-refractivity contribution in [3.8, 4) is 12.1 Å². The summed E-state index contributed by atoms with van der Waals surface area (Å²) >= 11 is 7.25. The molecule has 0 aliphatic heterocycles. The summed E-state index contributed by atoms with van der Waals surface area (Å²) in [6.45, 7) is 0. The highest BCUT2D eigenvalue weighted by molar-refractivity contribution is 7.99. The van der Waals surface area contributed by atoms with E-state index in [2.05, 4.69) is 0 Å². The standard InChI is InChI=1S/C14H7ClN2OS/c15-11-1-4-13(5-2-11)19-14-6-3-12(18-14)7-10(8-16)9-17/h1-7H. The number of halogens is 1. The number of nitrogens with zero attached hydrogens (tertiary/aromatic N) is 2. The predicted octanol–water partition coefficient (Wildman–Crippen LogP) is 4.51. The molecule has 0 N–H and O–H groups in total. The van der Waals surface area contributed by atoms with Crippen LogP contribution in [0, 0.1) is 22.7 Å². The van der Waals surface area contributed by atoms with Crippen LogP contribution in [0.1, 0.15) is 5.76 Å². The van der Waals surface area contributed by atoms with Crippen molar-refractivity contribution in [3.63, 3.8) is 0 Å². The lowest BCUT2D eigenvalue weighted by Crippen LogP contribution is -1.71. The first-order valence-corrected chi connectivity index (χ1v) is 6.46. The van der Waals surface area contributed by atoms with Gasteiger partial charge in [0.1, 0.15) is 23.5 Å². The van der Waals surface area contributed by atoms with Gasteiger partial charge in [0.15, 0.2) is 5.09 Å². The van der Waals surface area contributed by atoms with E-state index in [0.717, 1.165) is 4.90 Å². The molecular formula is C14H7ClN2OS. The van der Waals surface area contributed by atoms with Gasteiger partial charge in [-0.1, -0.05) is 23.4 Å². The summed E-state index contributed by atoms with van der Waals surface area (Å²) in [6, 6.07) is 14.5. The Morgan fingerprint density at radius 2 is 1.79 bits per heavy atom. The van der Waals surface area contributed by atoms with Crippen molar-refractivity contribution in [3.05, 3.63) is 52.8 Å². The molecule has 0 saturated carbocycles. The molecule has 19 heavy (non-hydrogen) atoms. The fourth-order valence-corrected chi connectivity index (χ4v) is 2.22. The van der Waals surface area contributed by atoms with Crippen LogP contribution in [-0.4, -0.2) is 0 Å². The Hall–Kier alpha value is -2.14. The summed E-state index contributed by atoms with van der Waals surface area (Å²) in [4.78, 5) is 0.995. The second kappa shape index (κ2) is 6.15. The number of furan rings is 1. The Morgan fingerprint density at radius 1 is 1.11 bits per heavy atom. The van der Waals surface area contributed by atoms with Gasteiger partial charge in [0.05, 0.1) is 0 Å². The zero-order valence-electron chi connectivity index (χ0n) is 9.63. The van der Waals surface area contributed by atoms with Gasteiger partial charge in [0.25, 0.3) is 0 Å². The van der Waals surface area contributed by atoms with Gasteiger partial charge in [0.2, 0.25) is 0 Å². The molecule has 0 atom stereocenters. The smallest absolute Gasteiger partial charge is 0.165 e. The molecule has 92 valence electrons. The maximum Gasteiger partial charge on any atom is 0.165 e. The van der Waals surface area contributed by atoms with E-state index in [9.17, 15) is 0 Å². The minimum Gasteiger partial charge on any atom is -0.450 e. The number of hydrogen-bond acceptors (Lipinski definition) is 4. The van der Waals surface area contributed by atoms with Crippen LogP contribution in [0.2, 0.25) is 5.02 Å². The molecule has 0 aliphatic rings. The highest BCUT2D eigenvalue weighted by Gasteiger charge is 2.04. The molecule has 1 aromatic heterocycles. The van der Waals surface area contributed by atoms with Gasteiger partial charge in [-0.05, 0) is 36.4 Å². The second-order valence-corrected chi connectivity index (χ2v) is 5.01. The molecular weight excluding hydrogens is 280 g/mol. The summed E-state index contributed by atoms with van der Waals surface area (Å²) < 4.78 is 5.50. The molecule has 0 saturated heterocycles. The number of benzene rings is 1. The van der Waals surface area contributed by atoms with Gasteiger partial charge >= 0.3 is 0 Å². The van der Waals surface area contributed by atoms with E-state index in [1.54, 1.807) is 36.4 Å². The van der Waals surface area contributed by atoms with Crippen LogP contribution in [0.25, 0.3) is 6.08 Å². The van der Waals surface area contributed by atoms with Crippen LogP contribution in [0.4, 0.5) is 0 Å². The molecule has 2 rings (SSSR count). The van der Waals surface area contributed by atoms with E-state index < -0.39 is 0 Å². The van der Waals surface area contributed by atoms with Crippen LogP contribution in [0.15, 0.2) is 56.4 Å². The zero-order valence-corrected chi connectivity index (χ0v) is 11.2. The van der Waals surface area contributed by atoms with Gasteiger partial charge < -0.3 is 4.42 Å². The van der Waals surface area contributed by atoms with E-state index in [0.29, 0.717) is 15.9 Å². The maximum absolute atomic E-state index is 8.66. The van der Waals surface area contributed by atoms with Gasteiger partial charge in [0, 0.05) is 16.0 Å². The Bertz CT molecular complexity index is 673. The number of allylic oxidation sites excluding steroid dienone is 1. The molecule has 0 amide bonds. The van der Waals surface area contributed by atoms with Gasteiger partial charge in [-0.3, -0.25) is 0 Å².